The zero-order chi connectivity index (χ0) is 17.7. The highest BCUT2D eigenvalue weighted by Gasteiger charge is 2.52. The molecule has 2 aromatic rings. The third-order valence-electron chi connectivity index (χ3n) is 4.23. The molecule has 1 aliphatic heterocycles. The van der Waals surface area contributed by atoms with Gasteiger partial charge in [0.2, 0.25) is 5.91 Å². The standard InChI is InChI=1S/C17H16F4N2O/c1-16(2)9-14(24)22-23(16)15(17(19,20)21)11-6-7-12-10(8-11)4-3-5-13(12)18/h3-8,15H,9H2,1-2H3,(H,22,24). The number of amides is 1. The summed E-state index contributed by atoms with van der Waals surface area (Å²) >= 11 is 0. The Hall–Kier alpha value is -2.15. The number of nitrogens with one attached hydrogen (secondary N) is 1. The lowest BCUT2D eigenvalue weighted by molar-refractivity contribution is -0.203. The molecule has 2 aromatic carbocycles. The normalized spacial score (nSPS) is 19.5. The van der Waals surface area contributed by atoms with Gasteiger partial charge in [0.05, 0.1) is 0 Å². The third-order valence-corrected chi connectivity index (χ3v) is 4.23. The van der Waals surface area contributed by atoms with Crippen LogP contribution in [0.15, 0.2) is 36.4 Å². The Morgan fingerprint density at radius 3 is 2.50 bits per heavy atom. The Bertz CT molecular complexity index is 801. The number of fused-ring (bicyclic) bond motifs is 1. The van der Waals surface area contributed by atoms with Crippen LogP contribution < -0.4 is 5.43 Å². The number of alkyl halides is 3. The van der Waals surface area contributed by atoms with Crippen molar-refractivity contribution in [1.29, 1.82) is 0 Å². The van der Waals surface area contributed by atoms with Crippen LogP contribution in [0.1, 0.15) is 31.9 Å². The molecule has 0 saturated carbocycles. The molecule has 1 heterocycles. The maximum atomic E-state index is 13.7. The Balaban J connectivity index is 2.12. The lowest BCUT2D eigenvalue weighted by atomic mass is 9.95. The minimum absolute atomic E-state index is 0.0260. The minimum Gasteiger partial charge on any atom is -0.287 e. The molecule has 0 bridgehead atoms. The van der Waals surface area contributed by atoms with Crippen molar-refractivity contribution in [3.05, 3.63) is 47.8 Å². The van der Waals surface area contributed by atoms with Crippen LogP contribution in [0.2, 0.25) is 0 Å². The number of benzene rings is 2. The fourth-order valence-electron chi connectivity index (χ4n) is 3.13. The molecule has 0 radical (unpaired) electrons. The molecule has 1 fully saturated rings. The number of halogens is 4. The number of hydrogen-bond acceptors (Lipinski definition) is 2. The summed E-state index contributed by atoms with van der Waals surface area (Å²) in [5.74, 6) is -0.946. The highest BCUT2D eigenvalue weighted by molar-refractivity contribution is 5.84. The molecule has 128 valence electrons. The average molecular weight is 340 g/mol. The van der Waals surface area contributed by atoms with Gasteiger partial charge in [-0.25, -0.2) is 4.39 Å². The fraction of sp³-hybridized carbons (Fsp3) is 0.353. The summed E-state index contributed by atoms with van der Waals surface area (Å²) in [5, 5.41) is 1.58. The Morgan fingerprint density at radius 1 is 1.21 bits per heavy atom. The van der Waals surface area contributed by atoms with E-state index in [0.717, 1.165) is 5.01 Å². The van der Waals surface area contributed by atoms with Crippen LogP contribution >= 0.6 is 0 Å². The molecule has 1 saturated heterocycles. The zero-order valence-electron chi connectivity index (χ0n) is 13.1. The minimum atomic E-state index is -4.60. The van der Waals surface area contributed by atoms with Crippen molar-refractivity contribution in [3.63, 3.8) is 0 Å². The van der Waals surface area contributed by atoms with Crippen LogP contribution in [0.25, 0.3) is 10.8 Å². The summed E-state index contributed by atoms with van der Waals surface area (Å²) in [4.78, 5) is 11.6. The van der Waals surface area contributed by atoms with Gasteiger partial charge in [-0.2, -0.15) is 18.2 Å². The van der Waals surface area contributed by atoms with Gasteiger partial charge in [-0.15, -0.1) is 0 Å². The number of nitrogens with zero attached hydrogens (tertiary/aromatic N) is 1. The first-order valence-corrected chi connectivity index (χ1v) is 7.43. The van der Waals surface area contributed by atoms with Gasteiger partial charge in [0.25, 0.3) is 0 Å². The van der Waals surface area contributed by atoms with Crippen molar-refractivity contribution in [2.24, 2.45) is 0 Å². The fourth-order valence-corrected chi connectivity index (χ4v) is 3.13. The first-order chi connectivity index (χ1) is 11.1. The maximum Gasteiger partial charge on any atom is 0.409 e. The van der Waals surface area contributed by atoms with Gasteiger partial charge < -0.3 is 0 Å². The van der Waals surface area contributed by atoms with E-state index in [1.54, 1.807) is 19.9 Å². The summed E-state index contributed by atoms with van der Waals surface area (Å²) < 4.78 is 55.0. The number of hydrogen-bond donors (Lipinski definition) is 1. The van der Waals surface area contributed by atoms with Crippen LogP contribution in [0, 0.1) is 5.82 Å². The van der Waals surface area contributed by atoms with Crippen LogP contribution in [0.5, 0.6) is 0 Å². The van der Waals surface area contributed by atoms with Crippen LogP contribution in [-0.2, 0) is 4.79 Å². The van der Waals surface area contributed by atoms with E-state index in [1.165, 1.54) is 30.3 Å². The van der Waals surface area contributed by atoms with Crippen molar-refractivity contribution in [2.75, 3.05) is 0 Å². The van der Waals surface area contributed by atoms with E-state index in [9.17, 15) is 22.4 Å². The lowest BCUT2D eigenvalue weighted by Crippen LogP contribution is -2.51. The molecule has 3 rings (SSSR count). The predicted molar refractivity (Wildman–Crippen MR) is 81.4 cm³/mol. The third kappa shape index (κ3) is 2.84. The Labute approximate surface area is 136 Å². The van der Waals surface area contributed by atoms with Crippen molar-refractivity contribution < 1.29 is 22.4 Å². The molecule has 0 aromatic heterocycles. The molecule has 1 N–H and O–H groups in total. The summed E-state index contributed by atoms with van der Waals surface area (Å²) in [7, 11) is 0. The molecule has 1 amide bonds. The van der Waals surface area contributed by atoms with Gasteiger partial charge in [-0.05, 0) is 36.9 Å². The Morgan fingerprint density at radius 2 is 1.92 bits per heavy atom. The molecule has 7 heteroatoms. The van der Waals surface area contributed by atoms with E-state index in [1.807, 2.05) is 0 Å². The van der Waals surface area contributed by atoms with Crippen molar-refractivity contribution in [3.8, 4) is 0 Å². The number of hydrazine groups is 1. The van der Waals surface area contributed by atoms with Crippen molar-refractivity contribution in [2.45, 2.75) is 38.0 Å². The molecular formula is C17H16F4N2O. The zero-order valence-corrected chi connectivity index (χ0v) is 13.1. The summed E-state index contributed by atoms with van der Waals surface area (Å²) in [5.41, 5.74) is 1.27. The van der Waals surface area contributed by atoms with E-state index in [-0.39, 0.29) is 17.4 Å². The van der Waals surface area contributed by atoms with E-state index in [4.69, 9.17) is 0 Å². The summed E-state index contributed by atoms with van der Waals surface area (Å²) in [6.45, 7) is 3.15. The average Bonchev–Trinajstić information content (AvgIpc) is 2.70. The topological polar surface area (TPSA) is 32.3 Å². The maximum absolute atomic E-state index is 13.7. The van der Waals surface area contributed by atoms with Gasteiger partial charge in [-0.3, -0.25) is 10.2 Å². The van der Waals surface area contributed by atoms with Crippen LogP contribution in [0.4, 0.5) is 17.6 Å². The molecule has 0 aliphatic carbocycles. The van der Waals surface area contributed by atoms with E-state index < -0.39 is 29.5 Å². The predicted octanol–water partition coefficient (Wildman–Crippen LogP) is 4.10. The van der Waals surface area contributed by atoms with Gasteiger partial charge in [0, 0.05) is 17.3 Å². The second-order valence-electron chi connectivity index (χ2n) is 6.56. The van der Waals surface area contributed by atoms with E-state index >= 15 is 0 Å². The number of carbonyl (C=O) groups excluding carboxylic acids is 1. The van der Waals surface area contributed by atoms with Crippen molar-refractivity contribution >= 4 is 16.7 Å². The largest absolute Gasteiger partial charge is 0.409 e. The van der Waals surface area contributed by atoms with E-state index in [0.29, 0.717) is 5.39 Å². The highest BCUT2D eigenvalue weighted by Crippen LogP contribution is 2.43. The van der Waals surface area contributed by atoms with Gasteiger partial charge in [-0.1, -0.05) is 24.3 Å². The van der Waals surface area contributed by atoms with Gasteiger partial charge in [0.15, 0.2) is 6.04 Å². The first-order valence-electron chi connectivity index (χ1n) is 7.43. The van der Waals surface area contributed by atoms with Crippen LogP contribution in [-0.4, -0.2) is 22.6 Å². The van der Waals surface area contributed by atoms with E-state index in [2.05, 4.69) is 5.43 Å². The molecule has 0 spiro atoms. The second-order valence-corrected chi connectivity index (χ2v) is 6.56. The van der Waals surface area contributed by atoms with Gasteiger partial charge in [0.1, 0.15) is 5.82 Å². The monoisotopic (exact) mass is 340 g/mol. The number of rotatable bonds is 2. The molecular weight excluding hydrogens is 324 g/mol. The van der Waals surface area contributed by atoms with Gasteiger partial charge >= 0.3 is 6.18 Å². The van der Waals surface area contributed by atoms with Crippen molar-refractivity contribution in [1.82, 2.24) is 10.4 Å². The highest BCUT2D eigenvalue weighted by atomic mass is 19.4. The lowest BCUT2D eigenvalue weighted by Gasteiger charge is -2.38. The second kappa shape index (κ2) is 5.44. The molecule has 1 aliphatic rings. The molecule has 1 atom stereocenters. The Kier molecular flexibility index (Phi) is 3.79. The SMILES string of the molecule is CC1(C)CC(=O)NN1C(c1ccc2c(F)cccc2c1)C(F)(F)F. The summed E-state index contributed by atoms with van der Waals surface area (Å²) in [6.07, 6.45) is -4.63. The molecule has 1 unspecified atom stereocenters. The first kappa shape index (κ1) is 16.7. The van der Waals surface area contributed by atoms with Crippen LogP contribution in [0.3, 0.4) is 0 Å². The molecule has 3 nitrogen and oxygen atoms in total. The molecule has 24 heavy (non-hydrogen) atoms. The summed E-state index contributed by atoms with van der Waals surface area (Å²) in [6, 6.07) is 6.17. The quantitative estimate of drug-likeness (QED) is 0.835. The number of carbonyl (C=O) groups is 1. The smallest absolute Gasteiger partial charge is 0.287 e.